The Morgan fingerprint density at radius 3 is 2.21 bits per heavy atom. The third-order valence-electron chi connectivity index (χ3n) is 4.65. The molecule has 0 fully saturated rings. The zero-order valence-corrected chi connectivity index (χ0v) is 16.8. The number of rotatable bonds is 6. The molecule has 4 nitrogen and oxygen atoms in total. The lowest BCUT2D eigenvalue weighted by Gasteiger charge is -2.30. The molecule has 0 bridgehead atoms. The Bertz CT molecular complexity index is 723. The number of nitriles is 1. The van der Waals surface area contributed by atoms with Crippen LogP contribution >= 0.6 is 0 Å². The maximum Gasteiger partial charge on any atom is 0.242 e. The van der Waals surface area contributed by atoms with Crippen molar-refractivity contribution in [3.05, 3.63) is 28.8 Å². The van der Waals surface area contributed by atoms with Crippen molar-refractivity contribution < 1.29 is 8.42 Å². The van der Waals surface area contributed by atoms with E-state index in [1.54, 1.807) is 20.2 Å². The van der Waals surface area contributed by atoms with E-state index in [0.29, 0.717) is 11.3 Å². The number of aryl methyl sites for hydroxylation is 1. The van der Waals surface area contributed by atoms with Crippen LogP contribution in [-0.2, 0) is 22.9 Å². The van der Waals surface area contributed by atoms with Gasteiger partial charge in [0.15, 0.2) is 0 Å². The summed E-state index contributed by atoms with van der Waals surface area (Å²) in [5.41, 5.74) is 2.64. The third kappa shape index (κ3) is 4.37. The molecule has 134 valence electrons. The Morgan fingerprint density at radius 2 is 1.79 bits per heavy atom. The fourth-order valence-electron chi connectivity index (χ4n) is 2.66. The van der Waals surface area contributed by atoms with Crippen molar-refractivity contribution >= 4 is 10.0 Å². The molecule has 0 amide bonds. The molecule has 24 heavy (non-hydrogen) atoms. The molecule has 1 rings (SSSR count). The lowest BCUT2D eigenvalue weighted by atomic mass is 9.77. The van der Waals surface area contributed by atoms with Gasteiger partial charge in [0.1, 0.15) is 0 Å². The second-order valence-corrected chi connectivity index (χ2v) is 9.74. The maximum atomic E-state index is 12.9. The highest BCUT2D eigenvalue weighted by molar-refractivity contribution is 7.89. The summed E-state index contributed by atoms with van der Waals surface area (Å²) in [6, 6.07) is 5.95. The number of nitrogens with zero attached hydrogens (tertiary/aromatic N) is 2. The van der Waals surface area contributed by atoms with Gasteiger partial charge in [0, 0.05) is 14.1 Å². The summed E-state index contributed by atoms with van der Waals surface area (Å²) < 4.78 is 27.0. The molecule has 0 aliphatic rings. The van der Waals surface area contributed by atoms with Crippen LogP contribution in [0.3, 0.4) is 0 Å². The Morgan fingerprint density at radius 1 is 1.21 bits per heavy atom. The standard InChI is InChI=1S/C19H30N2O2S/c1-8-9-15-13-18(24(22,23)21(6)7)17(12-16(15)10-11-20)14(2)19(3,4)5/h12-14H,8-10H2,1-7H3. The molecule has 1 atom stereocenters. The van der Waals surface area contributed by atoms with Crippen LogP contribution in [0, 0.1) is 16.7 Å². The van der Waals surface area contributed by atoms with Gasteiger partial charge in [-0.05, 0) is 40.5 Å². The molecule has 0 aliphatic heterocycles. The summed E-state index contributed by atoms with van der Waals surface area (Å²) in [6.07, 6.45) is 1.99. The minimum Gasteiger partial charge on any atom is -0.207 e. The summed E-state index contributed by atoms with van der Waals surface area (Å²) in [5.74, 6) is 0.0512. The van der Waals surface area contributed by atoms with Gasteiger partial charge in [-0.25, -0.2) is 12.7 Å². The normalized spacial score (nSPS) is 13.8. The molecular formula is C19H30N2O2S. The molecule has 0 aliphatic carbocycles. The maximum absolute atomic E-state index is 12.9. The monoisotopic (exact) mass is 350 g/mol. The first-order valence-electron chi connectivity index (χ1n) is 8.42. The highest BCUT2D eigenvalue weighted by Crippen LogP contribution is 2.39. The minimum absolute atomic E-state index is 0.0512. The van der Waals surface area contributed by atoms with Gasteiger partial charge < -0.3 is 0 Å². The van der Waals surface area contributed by atoms with E-state index in [-0.39, 0.29) is 11.3 Å². The largest absolute Gasteiger partial charge is 0.242 e. The van der Waals surface area contributed by atoms with Gasteiger partial charge in [0.25, 0.3) is 0 Å². The summed E-state index contributed by atoms with van der Waals surface area (Å²) in [4.78, 5) is 0.375. The SMILES string of the molecule is CCCc1cc(S(=O)(=O)N(C)C)c(C(C)C(C)(C)C)cc1CC#N. The van der Waals surface area contributed by atoms with Crippen LogP contribution in [0.15, 0.2) is 17.0 Å². The van der Waals surface area contributed by atoms with Crippen LogP contribution in [0.1, 0.15) is 63.6 Å². The van der Waals surface area contributed by atoms with Crippen molar-refractivity contribution in [1.82, 2.24) is 4.31 Å². The van der Waals surface area contributed by atoms with Crippen molar-refractivity contribution in [2.24, 2.45) is 5.41 Å². The Labute approximate surface area is 147 Å². The van der Waals surface area contributed by atoms with Crippen LogP contribution < -0.4 is 0 Å². The number of sulfonamides is 1. The van der Waals surface area contributed by atoms with Gasteiger partial charge in [-0.2, -0.15) is 5.26 Å². The molecular weight excluding hydrogens is 320 g/mol. The molecule has 1 aromatic carbocycles. The summed E-state index contributed by atoms with van der Waals surface area (Å²) >= 11 is 0. The third-order valence-corrected chi connectivity index (χ3v) is 6.52. The minimum atomic E-state index is -3.53. The van der Waals surface area contributed by atoms with E-state index >= 15 is 0 Å². The Kier molecular flexibility index (Phi) is 6.60. The van der Waals surface area contributed by atoms with E-state index in [1.807, 2.05) is 6.07 Å². The molecule has 1 aromatic rings. The van der Waals surface area contributed by atoms with Crippen molar-refractivity contribution in [2.75, 3.05) is 14.1 Å². The zero-order valence-electron chi connectivity index (χ0n) is 16.0. The van der Waals surface area contributed by atoms with Crippen LogP contribution in [0.5, 0.6) is 0 Å². The first-order valence-corrected chi connectivity index (χ1v) is 9.86. The topological polar surface area (TPSA) is 61.2 Å². The quantitative estimate of drug-likeness (QED) is 0.776. The average Bonchev–Trinajstić information content (AvgIpc) is 2.47. The lowest BCUT2D eigenvalue weighted by Crippen LogP contribution is -2.26. The highest BCUT2D eigenvalue weighted by Gasteiger charge is 2.30. The predicted molar refractivity (Wildman–Crippen MR) is 98.5 cm³/mol. The first-order chi connectivity index (χ1) is 11.0. The van der Waals surface area contributed by atoms with Crippen LogP contribution in [0.2, 0.25) is 0 Å². The van der Waals surface area contributed by atoms with E-state index in [1.165, 1.54) is 4.31 Å². The van der Waals surface area contributed by atoms with E-state index in [2.05, 4.69) is 40.7 Å². The van der Waals surface area contributed by atoms with Gasteiger partial charge in [0.2, 0.25) is 10.0 Å². The van der Waals surface area contributed by atoms with Crippen molar-refractivity contribution in [2.45, 2.75) is 64.7 Å². The molecule has 0 heterocycles. The second kappa shape index (κ2) is 7.67. The van der Waals surface area contributed by atoms with E-state index in [4.69, 9.17) is 5.26 Å². The van der Waals surface area contributed by atoms with Crippen LogP contribution in [0.25, 0.3) is 0 Å². The number of hydrogen-bond donors (Lipinski definition) is 0. The molecule has 0 aromatic heterocycles. The van der Waals surface area contributed by atoms with E-state index in [0.717, 1.165) is 29.5 Å². The molecule has 0 radical (unpaired) electrons. The molecule has 0 N–H and O–H groups in total. The van der Waals surface area contributed by atoms with E-state index < -0.39 is 10.0 Å². The summed E-state index contributed by atoms with van der Waals surface area (Å²) in [6.45, 7) is 10.4. The molecule has 1 unspecified atom stereocenters. The lowest BCUT2D eigenvalue weighted by molar-refractivity contribution is 0.335. The van der Waals surface area contributed by atoms with Gasteiger partial charge in [-0.1, -0.05) is 47.1 Å². The fraction of sp³-hybridized carbons (Fsp3) is 0.632. The van der Waals surface area contributed by atoms with Gasteiger partial charge in [-0.3, -0.25) is 0 Å². The Hall–Kier alpha value is -1.38. The summed E-state index contributed by atoms with van der Waals surface area (Å²) in [7, 11) is -0.417. The van der Waals surface area contributed by atoms with Gasteiger partial charge >= 0.3 is 0 Å². The number of benzene rings is 1. The van der Waals surface area contributed by atoms with Crippen molar-refractivity contribution in [3.63, 3.8) is 0 Å². The van der Waals surface area contributed by atoms with Crippen LogP contribution in [-0.4, -0.2) is 26.8 Å². The fourth-order valence-corrected chi connectivity index (χ4v) is 3.88. The highest BCUT2D eigenvalue weighted by atomic mass is 32.2. The molecule has 0 spiro atoms. The van der Waals surface area contributed by atoms with Gasteiger partial charge in [0.05, 0.1) is 17.4 Å². The number of hydrogen-bond acceptors (Lipinski definition) is 3. The van der Waals surface area contributed by atoms with Crippen molar-refractivity contribution in [3.8, 4) is 6.07 Å². The zero-order chi connectivity index (χ0) is 18.7. The Balaban J connectivity index is 3.76. The first kappa shape index (κ1) is 20.7. The van der Waals surface area contributed by atoms with Gasteiger partial charge in [-0.15, -0.1) is 0 Å². The van der Waals surface area contributed by atoms with Crippen LogP contribution in [0.4, 0.5) is 0 Å². The summed E-state index contributed by atoms with van der Waals surface area (Å²) in [5, 5.41) is 9.14. The van der Waals surface area contributed by atoms with E-state index in [9.17, 15) is 8.42 Å². The molecule has 5 heteroatoms. The predicted octanol–water partition coefficient (Wildman–Crippen LogP) is 4.11. The molecule has 0 saturated heterocycles. The smallest absolute Gasteiger partial charge is 0.207 e. The second-order valence-electron chi connectivity index (χ2n) is 7.62. The average molecular weight is 351 g/mol. The molecule has 0 saturated carbocycles. The van der Waals surface area contributed by atoms with Crippen molar-refractivity contribution in [1.29, 1.82) is 5.26 Å².